The Bertz CT molecular complexity index is 1090. The first-order chi connectivity index (χ1) is 13.9. The molecule has 0 spiro atoms. The molecule has 0 aliphatic rings. The standard InChI is InChI=1S/C20H16F2N4O3/c1-11-23-17(19(27)26-14-6-7-15(21)16(22)9-14)10-18(24-11)25-13-5-3-4-12(8-13)20(28)29-2/h3-10H,1-2H3,(H,26,27)(H,23,24,25). The number of nitrogens with zero attached hydrogens (tertiary/aromatic N) is 2. The van der Waals surface area contributed by atoms with Crippen molar-refractivity contribution in [2.75, 3.05) is 17.7 Å². The van der Waals surface area contributed by atoms with Crippen LogP contribution in [0.25, 0.3) is 0 Å². The van der Waals surface area contributed by atoms with Gasteiger partial charge in [0.05, 0.1) is 12.7 Å². The van der Waals surface area contributed by atoms with E-state index in [1.54, 1.807) is 31.2 Å². The second kappa shape index (κ2) is 8.42. The number of carbonyl (C=O) groups is 2. The van der Waals surface area contributed by atoms with E-state index in [0.717, 1.165) is 12.1 Å². The lowest BCUT2D eigenvalue weighted by molar-refractivity contribution is 0.0600. The fourth-order valence-electron chi connectivity index (χ4n) is 2.51. The number of aryl methyl sites for hydroxylation is 1. The molecule has 0 unspecified atom stereocenters. The number of carbonyl (C=O) groups excluding carboxylic acids is 2. The molecule has 3 aromatic rings. The summed E-state index contributed by atoms with van der Waals surface area (Å²) < 4.78 is 31.0. The van der Waals surface area contributed by atoms with Crippen LogP contribution in [-0.2, 0) is 4.74 Å². The van der Waals surface area contributed by atoms with Crippen LogP contribution >= 0.6 is 0 Å². The van der Waals surface area contributed by atoms with E-state index in [1.165, 1.54) is 19.2 Å². The quantitative estimate of drug-likeness (QED) is 0.635. The zero-order valence-corrected chi connectivity index (χ0v) is 15.5. The fraction of sp³-hybridized carbons (Fsp3) is 0.100. The highest BCUT2D eigenvalue weighted by molar-refractivity contribution is 6.03. The van der Waals surface area contributed by atoms with E-state index < -0.39 is 23.5 Å². The van der Waals surface area contributed by atoms with Gasteiger partial charge in [0.1, 0.15) is 17.3 Å². The number of nitrogens with one attached hydrogen (secondary N) is 2. The van der Waals surface area contributed by atoms with Gasteiger partial charge in [0.25, 0.3) is 5.91 Å². The number of methoxy groups -OCH3 is 1. The van der Waals surface area contributed by atoms with Gasteiger partial charge in [-0.1, -0.05) is 6.07 Å². The van der Waals surface area contributed by atoms with Gasteiger partial charge in [-0.05, 0) is 37.3 Å². The number of amides is 1. The summed E-state index contributed by atoms with van der Waals surface area (Å²) in [6.07, 6.45) is 0. The third-order valence-corrected chi connectivity index (χ3v) is 3.80. The molecule has 0 aliphatic heterocycles. The first-order valence-corrected chi connectivity index (χ1v) is 8.43. The van der Waals surface area contributed by atoms with Crippen LogP contribution in [0.5, 0.6) is 0 Å². The Balaban J connectivity index is 1.81. The van der Waals surface area contributed by atoms with E-state index in [1.807, 2.05) is 0 Å². The maximum atomic E-state index is 13.3. The molecule has 3 rings (SSSR count). The largest absolute Gasteiger partial charge is 0.465 e. The molecule has 1 amide bonds. The van der Waals surface area contributed by atoms with E-state index in [2.05, 4.69) is 25.3 Å². The van der Waals surface area contributed by atoms with Gasteiger partial charge < -0.3 is 15.4 Å². The Morgan fingerprint density at radius 2 is 1.76 bits per heavy atom. The second-order valence-electron chi connectivity index (χ2n) is 5.97. The second-order valence-corrected chi connectivity index (χ2v) is 5.97. The van der Waals surface area contributed by atoms with Gasteiger partial charge in [-0.2, -0.15) is 0 Å². The lowest BCUT2D eigenvalue weighted by Gasteiger charge is -2.10. The van der Waals surface area contributed by atoms with E-state index >= 15 is 0 Å². The van der Waals surface area contributed by atoms with E-state index in [4.69, 9.17) is 0 Å². The van der Waals surface area contributed by atoms with Crippen molar-refractivity contribution in [2.24, 2.45) is 0 Å². The predicted octanol–water partition coefficient (Wildman–Crippen LogP) is 3.85. The SMILES string of the molecule is COC(=O)c1cccc(Nc2cc(C(=O)Nc3ccc(F)c(F)c3)nc(C)n2)c1. The van der Waals surface area contributed by atoms with Crippen molar-refractivity contribution in [3.05, 3.63) is 77.2 Å². The van der Waals surface area contributed by atoms with Crippen LogP contribution in [0.4, 0.5) is 26.0 Å². The number of esters is 1. The van der Waals surface area contributed by atoms with Gasteiger partial charge in [0.2, 0.25) is 0 Å². The zero-order valence-electron chi connectivity index (χ0n) is 15.5. The molecule has 1 heterocycles. The minimum Gasteiger partial charge on any atom is -0.465 e. The molecule has 9 heteroatoms. The highest BCUT2D eigenvalue weighted by atomic mass is 19.2. The molecule has 0 fully saturated rings. The van der Waals surface area contributed by atoms with Gasteiger partial charge in [-0.15, -0.1) is 0 Å². The molecule has 0 saturated carbocycles. The van der Waals surface area contributed by atoms with Crippen molar-refractivity contribution in [1.82, 2.24) is 9.97 Å². The average Bonchev–Trinajstić information content (AvgIpc) is 2.70. The van der Waals surface area contributed by atoms with Crippen molar-refractivity contribution < 1.29 is 23.1 Å². The average molecular weight is 398 g/mol. The van der Waals surface area contributed by atoms with Gasteiger partial charge in [0.15, 0.2) is 11.6 Å². The van der Waals surface area contributed by atoms with Crippen LogP contribution in [0.15, 0.2) is 48.5 Å². The number of benzene rings is 2. The first kappa shape index (κ1) is 19.9. The lowest BCUT2D eigenvalue weighted by atomic mass is 10.2. The summed E-state index contributed by atoms with van der Waals surface area (Å²) in [5.41, 5.74) is 1.01. The molecule has 0 saturated heterocycles. The van der Waals surface area contributed by atoms with Gasteiger partial charge in [-0.25, -0.2) is 23.5 Å². The normalized spacial score (nSPS) is 10.3. The molecular formula is C20H16F2N4O3. The molecule has 2 N–H and O–H groups in total. The summed E-state index contributed by atoms with van der Waals surface area (Å²) in [5.74, 6) is -2.56. The summed E-state index contributed by atoms with van der Waals surface area (Å²) in [6, 6.07) is 11.0. The lowest BCUT2D eigenvalue weighted by Crippen LogP contribution is -2.15. The van der Waals surface area contributed by atoms with E-state index in [-0.39, 0.29) is 11.4 Å². The van der Waals surface area contributed by atoms with Crippen LogP contribution in [0, 0.1) is 18.6 Å². The van der Waals surface area contributed by atoms with Gasteiger partial charge in [-0.3, -0.25) is 4.79 Å². The molecule has 7 nitrogen and oxygen atoms in total. The summed E-state index contributed by atoms with van der Waals surface area (Å²) >= 11 is 0. The highest BCUT2D eigenvalue weighted by Crippen LogP contribution is 2.19. The van der Waals surface area contributed by atoms with Crippen molar-refractivity contribution in [1.29, 1.82) is 0 Å². The number of rotatable bonds is 5. The molecule has 0 aliphatic carbocycles. The Labute approximate surface area is 164 Å². The summed E-state index contributed by atoms with van der Waals surface area (Å²) in [4.78, 5) is 32.4. The Morgan fingerprint density at radius 1 is 0.966 bits per heavy atom. The molecule has 0 radical (unpaired) electrons. The Hall–Kier alpha value is -3.88. The molecule has 148 valence electrons. The third-order valence-electron chi connectivity index (χ3n) is 3.80. The van der Waals surface area contributed by atoms with Crippen LogP contribution in [0.1, 0.15) is 26.7 Å². The molecule has 29 heavy (non-hydrogen) atoms. The number of hydrogen-bond donors (Lipinski definition) is 2. The fourth-order valence-corrected chi connectivity index (χ4v) is 2.51. The topological polar surface area (TPSA) is 93.2 Å². The predicted molar refractivity (Wildman–Crippen MR) is 102 cm³/mol. The number of aromatic nitrogens is 2. The number of ether oxygens (including phenoxy) is 1. The van der Waals surface area contributed by atoms with Crippen molar-refractivity contribution in [2.45, 2.75) is 6.92 Å². The number of halogens is 2. The van der Waals surface area contributed by atoms with Crippen molar-refractivity contribution >= 4 is 29.1 Å². The smallest absolute Gasteiger partial charge is 0.337 e. The monoisotopic (exact) mass is 398 g/mol. The van der Waals surface area contributed by atoms with E-state index in [0.29, 0.717) is 22.9 Å². The molecule has 2 aromatic carbocycles. The number of anilines is 3. The maximum absolute atomic E-state index is 13.3. The van der Waals surface area contributed by atoms with Crippen LogP contribution in [0.3, 0.4) is 0 Å². The van der Waals surface area contributed by atoms with Gasteiger partial charge in [0, 0.05) is 23.5 Å². The van der Waals surface area contributed by atoms with E-state index in [9.17, 15) is 18.4 Å². The minimum absolute atomic E-state index is 0.0221. The third kappa shape index (κ3) is 4.89. The van der Waals surface area contributed by atoms with Crippen LogP contribution < -0.4 is 10.6 Å². The Morgan fingerprint density at radius 3 is 2.48 bits per heavy atom. The molecule has 1 aromatic heterocycles. The van der Waals surface area contributed by atoms with Gasteiger partial charge >= 0.3 is 5.97 Å². The number of hydrogen-bond acceptors (Lipinski definition) is 6. The van der Waals surface area contributed by atoms with Crippen molar-refractivity contribution in [3.8, 4) is 0 Å². The summed E-state index contributed by atoms with van der Waals surface area (Å²) in [5, 5.41) is 5.44. The summed E-state index contributed by atoms with van der Waals surface area (Å²) in [7, 11) is 1.29. The molecular weight excluding hydrogens is 382 g/mol. The minimum atomic E-state index is -1.07. The zero-order chi connectivity index (χ0) is 21.0. The highest BCUT2D eigenvalue weighted by Gasteiger charge is 2.13. The molecule has 0 bridgehead atoms. The van der Waals surface area contributed by atoms with Crippen LogP contribution in [-0.4, -0.2) is 29.0 Å². The van der Waals surface area contributed by atoms with Crippen molar-refractivity contribution in [3.63, 3.8) is 0 Å². The summed E-state index contributed by atoms with van der Waals surface area (Å²) in [6.45, 7) is 1.60. The Kier molecular flexibility index (Phi) is 5.77. The van der Waals surface area contributed by atoms with Crippen LogP contribution in [0.2, 0.25) is 0 Å². The maximum Gasteiger partial charge on any atom is 0.337 e. The molecule has 0 atom stereocenters. The first-order valence-electron chi connectivity index (χ1n) is 8.43.